The predicted molar refractivity (Wildman–Crippen MR) is 82.2 cm³/mol. The van der Waals surface area contributed by atoms with Gasteiger partial charge in [0, 0.05) is 5.75 Å². The topological polar surface area (TPSA) is 74.7 Å². The molecule has 5 nitrogen and oxygen atoms in total. The van der Waals surface area contributed by atoms with Crippen molar-refractivity contribution in [3.63, 3.8) is 0 Å². The van der Waals surface area contributed by atoms with E-state index in [0.29, 0.717) is 12.2 Å². The SMILES string of the molecule is CC(C)C1SCC(C(=O)O)N1S(=O)(=O)CCC(C)(C)C. The van der Waals surface area contributed by atoms with E-state index < -0.39 is 22.0 Å². The summed E-state index contributed by atoms with van der Waals surface area (Å²) >= 11 is 1.42. The predicted octanol–water partition coefficient (Wildman–Crippen LogP) is 2.24. The molecule has 1 heterocycles. The number of carboxylic acid groups (broad SMARTS) is 1. The number of nitrogens with zero attached hydrogens (tertiary/aromatic N) is 1. The summed E-state index contributed by atoms with van der Waals surface area (Å²) in [4.78, 5) is 11.3. The van der Waals surface area contributed by atoms with Crippen molar-refractivity contribution >= 4 is 27.8 Å². The van der Waals surface area contributed by atoms with Crippen molar-refractivity contribution in [2.45, 2.75) is 52.5 Å². The lowest BCUT2D eigenvalue weighted by atomic mass is 9.94. The number of thioether (sulfide) groups is 1. The largest absolute Gasteiger partial charge is 0.480 e. The Bertz CT molecular complexity index is 453. The zero-order valence-electron chi connectivity index (χ0n) is 12.8. The molecule has 0 saturated carbocycles. The minimum atomic E-state index is -3.55. The minimum absolute atomic E-state index is 0.00403. The first kappa shape index (κ1) is 17.8. The van der Waals surface area contributed by atoms with Crippen LogP contribution in [0, 0.1) is 11.3 Å². The fraction of sp³-hybridized carbons (Fsp3) is 0.923. The molecule has 7 heteroatoms. The molecule has 118 valence electrons. The molecule has 0 aliphatic carbocycles. The fourth-order valence-corrected chi connectivity index (χ4v) is 6.30. The van der Waals surface area contributed by atoms with Gasteiger partial charge in [-0.05, 0) is 17.8 Å². The molecular formula is C13H25NO4S2. The summed E-state index contributed by atoms with van der Waals surface area (Å²) in [6.07, 6.45) is 0.521. The molecule has 2 atom stereocenters. The van der Waals surface area contributed by atoms with Crippen LogP contribution in [-0.2, 0) is 14.8 Å². The van der Waals surface area contributed by atoms with Crippen LogP contribution in [0.4, 0.5) is 0 Å². The summed E-state index contributed by atoms with van der Waals surface area (Å²) in [5.41, 5.74) is -0.0913. The molecule has 1 aliphatic heterocycles. The number of carbonyl (C=O) groups is 1. The lowest BCUT2D eigenvalue weighted by Crippen LogP contribution is -2.48. The van der Waals surface area contributed by atoms with Gasteiger partial charge in [-0.25, -0.2) is 8.42 Å². The van der Waals surface area contributed by atoms with Gasteiger partial charge in [0.2, 0.25) is 10.0 Å². The third-order valence-electron chi connectivity index (χ3n) is 3.27. The Kier molecular flexibility index (Phi) is 5.54. The molecule has 20 heavy (non-hydrogen) atoms. The molecule has 1 rings (SSSR count). The summed E-state index contributed by atoms with van der Waals surface area (Å²) in [7, 11) is -3.55. The van der Waals surface area contributed by atoms with Crippen molar-refractivity contribution < 1.29 is 18.3 Å². The van der Waals surface area contributed by atoms with Crippen LogP contribution in [0.2, 0.25) is 0 Å². The maximum absolute atomic E-state index is 12.6. The third-order valence-corrected chi connectivity index (χ3v) is 6.87. The standard InChI is InChI=1S/C13H25NO4S2/c1-9(2)11-14(10(8-19-11)12(15)16)20(17,18)7-6-13(3,4)5/h9-11H,6-8H2,1-5H3,(H,15,16). The van der Waals surface area contributed by atoms with Gasteiger partial charge in [-0.1, -0.05) is 34.6 Å². The average molecular weight is 323 g/mol. The second kappa shape index (κ2) is 6.23. The quantitative estimate of drug-likeness (QED) is 0.840. The van der Waals surface area contributed by atoms with Gasteiger partial charge in [-0.3, -0.25) is 4.79 Å². The van der Waals surface area contributed by atoms with Gasteiger partial charge in [0.25, 0.3) is 0 Å². The third kappa shape index (κ3) is 4.36. The van der Waals surface area contributed by atoms with Crippen molar-refractivity contribution in [2.24, 2.45) is 11.3 Å². The number of hydrogen-bond donors (Lipinski definition) is 1. The molecule has 0 aromatic rings. The van der Waals surface area contributed by atoms with Crippen LogP contribution in [-0.4, -0.2) is 46.7 Å². The zero-order valence-corrected chi connectivity index (χ0v) is 14.4. The van der Waals surface area contributed by atoms with Crippen LogP contribution in [0.25, 0.3) is 0 Å². The first-order valence-electron chi connectivity index (χ1n) is 6.81. The second-order valence-corrected chi connectivity index (χ2v) is 9.92. The molecule has 2 unspecified atom stereocenters. The highest BCUT2D eigenvalue weighted by atomic mass is 32.2. The summed E-state index contributed by atoms with van der Waals surface area (Å²) < 4.78 is 26.3. The molecule has 0 bridgehead atoms. The highest BCUT2D eigenvalue weighted by molar-refractivity contribution is 8.01. The maximum Gasteiger partial charge on any atom is 0.322 e. The van der Waals surface area contributed by atoms with Crippen molar-refractivity contribution in [1.29, 1.82) is 0 Å². The van der Waals surface area contributed by atoms with E-state index >= 15 is 0 Å². The van der Waals surface area contributed by atoms with Crippen molar-refractivity contribution in [1.82, 2.24) is 4.31 Å². The normalized spacial score (nSPS) is 25.3. The van der Waals surface area contributed by atoms with Crippen LogP contribution < -0.4 is 0 Å². The fourth-order valence-electron chi connectivity index (χ4n) is 2.07. The van der Waals surface area contributed by atoms with Gasteiger partial charge in [-0.2, -0.15) is 4.31 Å². The van der Waals surface area contributed by atoms with Gasteiger partial charge in [0.1, 0.15) is 6.04 Å². The lowest BCUT2D eigenvalue weighted by Gasteiger charge is -2.30. The lowest BCUT2D eigenvalue weighted by molar-refractivity contribution is -0.140. The summed E-state index contributed by atoms with van der Waals surface area (Å²) in [6, 6.07) is -0.933. The molecule has 1 N–H and O–H groups in total. The Balaban J connectivity index is 2.99. The molecule has 1 fully saturated rings. The molecule has 0 spiro atoms. The zero-order chi connectivity index (χ0) is 15.7. The van der Waals surface area contributed by atoms with Gasteiger partial charge in [-0.15, -0.1) is 11.8 Å². The number of rotatable bonds is 5. The summed E-state index contributed by atoms with van der Waals surface area (Å²) in [5.74, 6) is -0.634. The highest BCUT2D eigenvalue weighted by Crippen LogP contribution is 2.37. The van der Waals surface area contributed by atoms with Crippen LogP contribution in [0.5, 0.6) is 0 Å². The molecule has 0 radical (unpaired) electrons. The highest BCUT2D eigenvalue weighted by Gasteiger charge is 2.46. The molecule has 0 aromatic heterocycles. The Morgan fingerprint density at radius 1 is 1.40 bits per heavy atom. The average Bonchev–Trinajstić information content (AvgIpc) is 2.70. The summed E-state index contributed by atoms with van der Waals surface area (Å²) in [6.45, 7) is 9.80. The van der Waals surface area contributed by atoms with Gasteiger partial charge >= 0.3 is 5.97 Å². The van der Waals surface area contributed by atoms with Gasteiger partial charge < -0.3 is 5.11 Å². The first-order chi connectivity index (χ1) is 8.96. The van der Waals surface area contributed by atoms with E-state index in [-0.39, 0.29) is 22.5 Å². The number of carboxylic acids is 1. The van der Waals surface area contributed by atoms with Crippen LogP contribution >= 0.6 is 11.8 Å². The molecule has 0 aromatic carbocycles. The van der Waals surface area contributed by atoms with Crippen molar-refractivity contribution in [3.8, 4) is 0 Å². The maximum atomic E-state index is 12.6. The van der Waals surface area contributed by atoms with Gasteiger partial charge in [0.15, 0.2) is 0 Å². The van der Waals surface area contributed by atoms with Crippen LogP contribution in [0.1, 0.15) is 41.0 Å². The Morgan fingerprint density at radius 3 is 2.35 bits per heavy atom. The minimum Gasteiger partial charge on any atom is -0.480 e. The Morgan fingerprint density at radius 2 is 1.95 bits per heavy atom. The molecule has 1 saturated heterocycles. The smallest absolute Gasteiger partial charge is 0.322 e. The van der Waals surface area contributed by atoms with Crippen molar-refractivity contribution in [3.05, 3.63) is 0 Å². The summed E-state index contributed by atoms with van der Waals surface area (Å²) in [5, 5.41) is 8.98. The van der Waals surface area contributed by atoms with E-state index in [1.165, 1.54) is 16.1 Å². The van der Waals surface area contributed by atoms with E-state index in [2.05, 4.69) is 0 Å². The number of hydrogen-bond acceptors (Lipinski definition) is 4. The van der Waals surface area contributed by atoms with Gasteiger partial charge in [0.05, 0.1) is 11.1 Å². The van der Waals surface area contributed by atoms with E-state index in [4.69, 9.17) is 0 Å². The number of sulfonamides is 1. The van der Waals surface area contributed by atoms with E-state index in [0.717, 1.165) is 0 Å². The Labute approximate surface area is 126 Å². The van der Waals surface area contributed by atoms with E-state index in [1.54, 1.807) is 0 Å². The van der Waals surface area contributed by atoms with Crippen LogP contribution in [0.15, 0.2) is 0 Å². The Hall–Kier alpha value is -0.270. The number of aliphatic carboxylic acids is 1. The first-order valence-corrected chi connectivity index (χ1v) is 9.47. The second-order valence-electron chi connectivity index (χ2n) is 6.78. The van der Waals surface area contributed by atoms with Crippen LogP contribution in [0.3, 0.4) is 0 Å². The molecular weight excluding hydrogens is 298 g/mol. The van der Waals surface area contributed by atoms with Crippen molar-refractivity contribution in [2.75, 3.05) is 11.5 Å². The monoisotopic (exact) mass is 323 g/mol. The van der Waals surface area contributed by atoms with E-state index in [1.807, 2.05) is 34.6 Å². The molecule has 0 amide bonds. The molecule has 1 aliphatic rings. The van der Waals surface area contributed by atoms with E-state index in [9.17, 15) is 18.3 Å².